The largest absolute Gasteiger partial charge is 0.493 e. The van der Waals surface area contributed by atoms with Crippen LogP contribution < -0.4 is 14.4 Å². The van der Waals surface area contributed by atoms with E-state index in [4.69, 9.17) is 14.6 Å². The molecule has 0 amide bonds. The molecule has 1 N–H and O–H groups in total. The van der Waals surface area contributed by atoms with Crippen LogP contribution in [0.2, 0.25) is 0 Å². The predicted octanol–water partition coefficient (Wildman–Crippen LogP) is 1.82. The molecule has 0 radical (unpaired) electrons. The SMILES string of the molecule is CCN(CCCO)c1cc(OC)c(OC)cc1[N+](=O)[O-]. The zero-order chi connectivity index (χ0) is 15.1. The van der Waals surface area contributed by atoms with E-state index in [-0.39, 0.29) is 12.3 Å². The van der Waals surface area contributed by atoms with Crippen molar-refractivity contribution in [2.75, 3.05) is 38.8 Å². The van der Waals surface area contributed by atoms with Crippen molar-refractivity contribution in [3.63, 3.8) is 0 Å². The number of methoxy groups -OCH3 is 2. The summed E-state index contributed by atoms with van der Waals surface area (Å²) in [6.45, 7) is 3.06. The Hall–Kier alpha value is -2.02. The minimum absolute atomic E-state index is 0.0393. The molecular formula is C13H20N2O5. The standard InChI is InChI=1S/C13H20N2O5/c1-4-14(6-5-7-16)10-8-12(19-2)13(20-3)9-11(10)15(17)18/h8-9,16H,4-7H2,1-3H3. The summed E-state index contributed by atoms with van der Waals surface area (Å²) in [6.07, 6.45) is 0.541. The first-order chi connectivity index (χ1) is 9.58. The molecule has 20 heavy (non-hydrogen) atoms. The van der Waals surface area contributed by atoms with E-state index in [0.717, 1.165) is 0 Å². The Morgan fingerprint density at radius 3 is 2.35 bits per heavy atom. The van der Waals surface area contributed by atoms with Crippen molar-refractivity contribution >= 4 is 11.4 Å². The molecule has 0 saturated heterocycles. The van der Waals surface area contributed by atoms with Crippen LogP contribution in [0.1, 0.15) is 13.3 Å². The van der Waals surface area contributed by atoms with Crippen molar-refractivity contribution in [1.82, 2.24) is 0 Å². The highest BCUT2D eigenvalue weighted by Crippen LogP contribution is 2.39. The van der Waals surface area contributed by atoms with Crippen molar-refractivity contribution in [1.29, 1.82) is 0 Å². The number of rotatable bonds is 8. The van der Waals surface area contributed by atoms with E-state index >= 15 is 0 Å². The van der Waals surface area contributed by atoms with E-state index in [2.05, 4.69) is 0 Å². The fourth-order valence-corrected chi connectivity index (χ4v) is 1.97. The number of nitro benzene ring substituents is 1. The molecule has 0 aliphatic rings. The summed E-state index contributed by atoms with van der Waals surface area (Å²) in [7, 11) is 2.92. The Bertz CT molecular complexity index is 464. The minimum atomic E-state index is -0.446. The van der Waals surface area contributed by atoms with Crippen LogP contribution in [-0.4, -0.2) is 43.9 Å². The third-order valence-electron chi connectivity index (χ3n) is 2.99. The molecule has 0 fully saturated rings. The van der Waals surface area contributed by atoms with Gasteiger partial charge in [-0.2, -0.15) is 0 Å². The van der Waals surface area contributed by atoms with Gasteiger partial charge in [0.2, 0.25) is 0 Å². The van der Waals surface area contributed by atoms with Crippen LogP contribution in [0, 0.1) is 10.1 Å². The number of hydrogen-bond acceptors (Lipinski definition) is 6. The third-order valence-corrected chi connectivity index (χ3v) is 2.99. The summed E-state index contributed by atoms with van der Waals surface area (Å²) in [5.74, 6) is 0.761. The lowest BCUT2D eigenvalue weighted by Gasteiger charge is -2.23. The molecule has 0 bridgehead atoms. The quantitative estimate of drug-likeness (QED) is 0.579. The Kier molecular flexibility index (Phi) is 6.05. The fraction of sp³-hybridized carbons (Fsp3) is 0.538. The van der Waals surface area contributed by atoms with Gasteiger partial charge in [-0.25, -0.2) is 0 Å². The molecule has 0 saturated carbocycles. The summed E-state index contributed by atoms with van der Waals surface area (Å²) in [6, 6.07) is 2.95. The van der Waals surface area contributed by atoms with Crippen molar-refractivity contribution in [3.8, 4) is 11.5 Å². The summed E-state index contributed by atoms with van der Waals surface area (Å²) in [5.41, 5.74) is 0.422. The van der Waals surface area contributed by atoms with Gasteiger partial charge >= 0.3 is 0 Å². The lowest BCUT2D eigenvalue weighted by molar-refractivity contribution is -0.384. The van der Waals surface area contributed by atoms with Crippen LogP contribution >= 0.6 is 0 Å². The predicted molar refractivity (Wildman–Crippen MR) is 75.8 cm³/mol. The molecule has 1 aromatic rings. The first-order valence-electron chi connectivity index (χ1n) is 6.35. The lowest BCUT2D eigenvalue weighted by atomic mass is 10.2. The zero-order valence-corrected chi connectivity index (χ0v) is 12.0. The normalized spacial score (nSPS) is 10.2. The molecule has 112 valence electrons. The number of ether oxygens (including phenoxy) is 2. The van der Waals surface area contributed by atoms with Crippen LogP contribution in [0.4, 0.5) is 11.4 Å². The van der Waals surface area contributed by atoms with Gasteiger partial charge in [-0.1, -0.05) is 0 Å². The summed E-state index contributed by atoms with van der Waals surface area (Å²) in [4.78, 5) is 12.6. The Labute approximate surface area is 117 Å². The number of nitrogens with zero attached hydrogens (tertiary/aromatic N) is 2. The molecule has 0 atom stereocenters. The first-order valence-corrected chi connectivity index (χ1v) is 6.35. The minimum Gasteiger partial charge on any atom is -0.493 e. The first kappa shape index (κ1) is 16.0. The molecular weight excluding hydrogens is 264 g/mol. The number of aliphatic hydroxyl groups excluding tert-OH is 1. The van der Waals surface area contributed by atoms with Crippen molar-refractivity contribution in [2.24, 2.45) is 0 Å². The molecule has 0 aliphatic carbocycles. The van der Waals surface area contributed by atoms with E-state index in [1.165, 1.54) is 20.3 Å². The van der Waals surface area contributed by atoms with Gasteiger partial charge in [0.1, 0.15) is 5.69 Å². The van der Waals surface area contributed by atoms with Crippen LogP contribution in [0.25, 0.3) is 0 Å². The topological polar surface area (TPSA) is 85.1 Å². The summed E-state index contributed by atoms with van der Waals surface area (Å²) < 4.78 is 10.3. The Morgan fingerprint density at radius 1 is 1.30 bits per heavy atom. The number of aliphatic hydroxyl groups is 1. The van der Waals surface area contributed by atoms with E-state index in [9.17, 15) is 10.1 Å². The molecule has 0 unspecified atom stereocenters. The van der Waals surface area contributed by atoms with Crippen molar-refractivity contribution in [2.45, 2.75) is 13.3 Å². The van der Waals surface area contributed by atoms with Crippen LogP contribution in [-0.2, 0) is 0 Å². The molecule has 0 aromatic heterocycles. The molecule has 1 rings (SSSR count). The molecule has 0 aliphatic heterocycles. The molecule has 1 aromatic carbocycles. The third kappa shape index (κ3) is 3.51. The van der Waals surface area contributed by atoms with Crippen LogP contribution in [0.3, 0.4) is 0 Å². The second-order valence-electron chi connectivity index (χ2n) is 4.11. The highest BCUT2D eigenvalue weighted by Gasteiger charge is 2.23. The molecule has 7 heteroatoms. The number of benzene rings is 1. The van der Waals surface area contributed by atoms with Gasteiger partial charge in [0, 0.05) is 25.8 Å². The van der Waals surface area contributed by atoms with E-state index in [1.54, 1.807) is 6.07 Å². The molecule has 7 nitrogen and oxygen atoms in total. The highest BCUT2D eigenvalue weighted by molar-refractivity contribution is 5.69. The second kappa shape index (κ2) is 7.54. The maximum Gasteiger partial charge on any atom is 0.296 e. The summed E-state index contributed by atoms with van der Waals surface area (Å²) >= 11 is 0. The highest BCUT2D eigenvalue weighted by atomic mass is 16.6. The number of anilines is 1. The van der Waals surface area contributed by atoms with E-state index in [0.29, 0.717) is 36.7 Å². The van der Waals surface area contributed by atoms with Gasteiger partial charge in [-0.15, -0.1) is 0 Å². The van der Waals surface area contributed by atoms with Gasteiger partial charge in [-0.3, -0.25) is 10.1 Å². The van der Waals surface area contributed by atoms with Gasteiger partial charge in [-0.05, 0) is 13.3 Å². The smallest absolute Gasteiger partial charge is 0.296 e. The summed E-state index contributed by atoms with van der Waals surface area (Å²) in [5, 5.41) is 20.1. The second-order valence-corrected chi connectivity index (χ2v) is 4.11. The average Bonchev–Trinajstić information content (AvgIpc) is 2.46. The monoisotopic (exact) mass is 284 g/mol. The van der Waals surface area contributed by atoms with Crippen molar-refractivity contribution < 1.29 is 19.5 Å². The number of hydrogen-bond donors (Lipinski definition) is 1. The van der Waals surface area contributed by atoms with E-state index in [1.807, 2.05) is 11.8 Å². The molecule has 0 heterocycles. The van der Waals surface area contributed by atoms with Gasteiger partial charge in [0.25, 0.3) is 5.69 Å². The number of nitro groups is 1. The van der Waals surface area contributed by atoms with E-state index < -0.39 is 4.92 Å². The average molecular weight is 284 g/mol. The van der Waals surface area contributed by atoms with Crippen molar-refractivity contribution in [3.05, 3.63) is 22.2 Å². The zero-order valence-electron chi connectivity index (χ0n) is 12.0. The van der Waals surface area contributed by atoms with Gasteiger partial charge in [0.05, 0.1) is 25.2 Å². The maximum atomic E-state index is 11.2. The molecule has 0 spiro atoms. The van der Waals surface area contributed by atoms with Gasteiger partial charge in [0.15, 0.2) is 11.5 Å². The Morgan fingerprint density at radius 2 is 1.90 bits per heavy atom. The fourth-order valence-electron chi connectivity index (χ4n) is 1.97. The lowest BCUT2D eigenvalue weighted by Crippen LogP contribution is -2.25. The van der Waals surface area contributed by atoms with Crippen LogP contribution in [0.5, 0.6) is 11.5 Å². The van der Waals surface area contributed by atoms with Crippen LogP contribution in [0.15, 0.2) is 12.1 Å². The van der Waals surface area contributed by atoms with Gasteiger partial charge < -0.3 is 19.5 Å². The Balaban J connectivity index is 3.29. The maximum absolute atomic E-state index is 11.2.